The minimum atomic E-state index is -0.253. The van der Waals surface area contributed by atoms with Gasteiger partial charge < -0.3 is 20.0 Å². The van der Waals surface area contributed by atoms with Crippen LogP contribution in [-0.4, -0.2) is 30.4 Å². The van der Waals surface area contributed by atoms with E-state index in [9.17, 15) is 9.59 Å². The molecular formula is C17H20BrN3O3. The van der Waals surface area contributed by atoms with Crippen molar-refractivity contribution in [3.63, 3.8) is 0 Å². The lowest BCUT2D eigenvalue weighted by atomic mass is 10.1. The maximum atomic E-state index is 12.3. The zero-order valence-corrected chi connectivity index (χ0v) is 15.4. The Morgan fingerprint density at radius 2 is 2.00 bits per heavy atom. The minimum absolute atomic E-state index is 0.126. The van der Waals surface area contributed by atoms with Crippen LogP contribution in [0.1, 0.15) is 28.6 Å². The fraction of sp³-hybridized carbons (Fsp3) is 0.294. The summed E-state index contributed by atoms with van der Waals surface area (Å²) in [4.78, 5) is 25.6. The van der Waals surface area contributed by atoms with Crippen molar-refractivity contribution in [2.75, 3.05) is 18.9 Å². The number of nitrogens with zero attached hydrogens (tertiary/aromatic N) is 1. The summed E-state index contributed by atoms with van der Waals surface area (Å²) >= 11 is 3.23. The summed E-state index contributed by atoms with van der Waals surface area (Å²) in [7, 11) is 1.68. The highest BCUT2D eigenvalue weighted by molar-refractivity contribution is 9.10. The van der Waals surface area contributed by atoms with E-state index < -0.39 is 0 Å². The lowest BCUT2D eigenvalue weighted by Crippen LogP contribution is -2.31. The molecular weight excluding hydrogens is 374 g/mol. The summed E-state index contributed by atoms with van der Waals surface area (Å²) in [5.41, 5.74) is 2.06. The van der Waals surface area contributed by atoms with Gasteiger partial charge in [0.25, 0.3) is 5.91 Å². The molecule has 1 aromatic carbocycles. The molecule has 0 spiro atoms. The van der Waals surface area contributed by atoms with E-state index in [1.54, 1.807) is 37.4 Å². The number of anilines is 1. The van der Waals surface area contributed by atoms with E-state index in [-0.39, 0.29) is 11.9 Å². The number of furan rings is 1. The van der Waals surface area contributed by atoms with E-state index in [1.165, 1.54) is 4.90 Å². The Hall–Kier alpha value is -2.28. The number of benzene rings is 1. The third-order valence-electron chi connectivity index (χ3n) is 3.44. The van der Waals surface area contributed by atoms with Gasteiger partial charge in [-0.2, -0.15) is 0 Å². The Morgan fingerprint density at radius 3 is 2.58 bits per heavy atom. The average molecular weight is 394 g/mol. The van der Waals surface area contributed by atoms with Crippen molar-refractivity contribution in [3.8, 4) is 0 Å². The zero-order chi connectivity index (χ0) is 17.7. The Kier molecular flexibility index (Phi) is 6.03. The number of halogens is 1. The van der Waals surface area contributed by atoms with Gasteiger partial charge in [-0.1, -0.05) is 0 Å². The molecule has 0 aliphatic rings. The van der Waals surface area contributed by atoms with E-state index in [4.69, 9.17) is 4.42 Å². The second kappa shape index (κ2) is 8.01. The number of hydrogen-bond donors (Lipinski definition) is 2. The standard InChI is InChI=1S/C17H20BrN3O3/c1-4-19-16(22)12-5-7-14(11(2)9-12)20-17(23)21(3)10-13-6-8-15(18)24-13/h5-9H,4,10H2,1-3H3,(H,19,22)(H,20,23). The normalized spacial score (nSPS) is 10.3. The molecule has 0 aliphatic heterocycles. The molecule has 2 N–H and O–H groups in total. The molecule has 0 bridgehead atoms. The summed E-state index contributed by atoms with van der Waals surface area (Å²) in [6, 6.07) is 8.51. The SMILES string of the molecule is CCNC(=O)c1ccc(NC(=O)N(C)Cc2ccc(Br)o2)c(C)c1. The summed E-state index contributed by atoms with van der Waals surface area (Å²) in [6.07, 6.45) is 0. The smallest absolute Gasteiger partial charge is 0.322 e. The first-order chi connectivity index (χ1) is 11.4. The molecule has 0 unspecified atom stereocenters. The minimum Gasteiger partial charge on any atom is -0.452 e. The Bertz CT molecular complexity index is 742. The van der Waals surface area contributed by atoms with Gasteiger partial charge in [-0.15, -0.1) is 0 Å². The Morgan fingerprint density at radius 1 is 1.25 bits per heavy atom. The van der Waals surface area contributed by atoms with Crippen molar-refractivity contribution in [3.05, 3.63) is 51.9 Å². The van der Waals surface area contributed by atoms with Crippen molar-refractivity contribution >= 4 is 33.6 Å². The maximum absolute atomic E-state index is 12.3. The predicted molar refractivity (Wildman–Crippen MR) is 96.1 cm³/mol. The molecule has 6 nitrogen and oxygen atoms in total. The first kappa shape index (κ1) is 18.1. The molecule has 7 heteroatoms. The van der Waals surface area contributed by atoms with Crippen molar-refractivity contribution in [1.82, 2.24) is 10.2 Å². The molecule has 2 aromatic rings. The number of hydrogen-bond acceptors (Lipinski definition) is 3. The third kappa shape index (κ3) is 4.61. The van der Waals surface area contributed by atoms with Crippen LogP contribution in [0.5, 0.6) is 0 Å². The van der Waals surface area contributed by atoms with Crippen molar-refractivity contribution in [2.45, 2.75) is 20.4 Å². The van der Waals surface area contributed by atoms with Crippen LogP contribution < -0.4 is 10.6 Å². The summed E-state index contributed by atoms with van der Waals surface area (Å²) in [5.74, 6) is 0.557. The van der Waals surface area contributed by atoms with Gasteiger partial charge in [-0.05, 0) is 65.7 Å². The lowest BCUT2D eigenvalue weighted by Gasteiger charge is -2.18. The Labute approximate surface area is 149 Å². The van der Waals surface area contributed by atoms with Gasteiger partial charge in [0.15, 0.2) is 4.67 Å². The molecule has 0 radical (unpaired) electrons. The molecule has 2 rings (SSSR count). The van der Waals surface area contributed by atoms with Gasteiger partial charge in [0, 0.05) is 24.8 Å². The van der Waals surface area contributed by atoms with E-state index in [1.807, 2.05) is 13.8 Å². The van der Waals surface area contributed by atoms with Gasteiger partial charge in [0.1, 0.15) is 5.76 Å². The van der Waals surface area contributed by atoms with Crippen molar-refractivity contribution < 1.29 is 14.0 Å². The molecule has 0 aliphatic carbocycles. The number of nitrogens with one attached hydrogen (secondary N) is 2. The quantitative estimate of drug-likeness (QED) is 0.811. The fourth-order valence-corrected chi connectivity index (χ4v) is 2.50. The second-order valence-electron chi connectivity index (χ2n) is 5.38. The van der Waals surface area contributed by atoms with Gasteiger partial charge in [0.05, 0.1) is 6.54 Å². The van der Waals surface area contributed by atoms with Gasteiger partial charge in [0.2, 0.25) is 0 Å². The van der Waals surface area contributed by atoms with Crippen LogP contribution in [0.2, 0.25) is 0 Å². The zero-order valence-electron chi connectivity index (χ0n) is 13.9. The highest BCUT2D eigenvalue weighted by atomic mass is 79.9. The number of amides is 3. The summed E-state index contributed by atoms with van der Waals surface area (Å²) < 4.78 is 6.02. The molecule has 0 atom stereocenters. The van der Waals surface area contributed by atoms with E-state index in [0.29, 0.717) is 34.8 Å². The van der Waals surface area contributed by atoms with Gasteiger partial charge >= 0.3 is 6.03 Å². The fourth-order valence-electron chi connectivity index (χ4n) is 2.16. The summed E-state index contributed by atoms with van der Waals surface area (Å²) in [5, 5.41) is 5.59. The van der Waals surface area contributed by atoms with Crippen molar-refractivity contribution in [2.24, 2.45) is 0 Å². The maximum Gasteiger partial charge on any atom is 0.322 e. The van der Waals surface area contributed by atoms with Crippen LogP contribution in [0.3, 0.4) is 0 Å². The van der Waals surface area contributed by atoms with Crippen LogP contribution in [0.15, 0.2) is 39.4 Å². The summed E-state index contributed by atoms with van der Waals surface area (Å²) in [6.45, 7) is 4.65. The van der Waals surface area contributed by atoms with Crippen molar-refractivity contribution in [1.29, 1.82) is 0 Å². The van der Waals surface area contributed by atoms with E-state index >= 15 is 0 Å². The first-order valence-corrected chi connectivity index (χ1v) is 8.35. The van der Waals surface area contributed by atoms with E-state index in [0.717, 1.165) is 5.56 Å². The molecule has 1 aromatic heterocycles. The number of urea groups is 1. The molecule has 128 valence electrons. The first-order valence-electron chi connectivity index (χ1n) is 7.56. The highest BCUT2D eigenvalue weighted by Crippen LogP contribution is 2.18. The van der Waals surface area contributed by atoms with Gasteiger partial charge in [-0.3, -0.25) is 4.79 Å². The third-order valence-corrected chi connectivity index (χ3v) is 3.86. The average Bonchev–Trinajstić information content (AvgIpc) is 2.94. The number of aryl methyl sites for hydroxylation is 1. The Balaban J connectivity index is 2.01. The second-order valence-corrected chi connectivity index (χ2v) is 6.16. The molecule has 1 heterocycles. The molecule has 0 saturated carbocycles. The predicted octanol–water partition coefficient (Wildman–Crippen LogP) is 3.76. The molecule has 24 heavy (non-hydrogen) atoms. The van der Waals surface area contributed by atoms with Crippen LogP contribution >= 0.6 is 15.9 Å². The van der Waals surface area contributed by atoms with Crippen LogP contribution in [0.25, 0.3) is 0 Å². The van der Waals surface area contributed by atoms with Crippen LogP contribution in [0, 0.1) is 6.92 Å². The highest BCUT2D eigenvalue weighted by Gasteiger charge is 2.13. The lowest BCUT2D eigenvalue weighted by molar-refractivity contribution is 0.0955. The topological polar surface area (TPSA) is 74.6 Å². The number of carbonyl (C=O) groups excluding carboxylic acids is 2. The van der Waals surface area contributed by atoms with Crippen LogP contribution in [-0.2, 0) is 6.54 Å². The molecule has 0 saturated heterocycles. The largest absolute Gasteiger partial charge is 0.452 e. The molecule has 0 fully saturated rings. The van der Waals surface area contributed by atoms with Crippen LogP contribution in [0.4, 0.5) is 10.5 Å². The monoisotopic (exact) mass is 393 g/mol. The van der Waals surface area contributed by atoms with Gasteiger partial charge in [-0.25, -0.2) is 4.79 Å². The number of rotatable bonds is 5. The molecule has 3 amide bonds. The van der Waals surface area contributed by atoms with E-state index in [2.05, 4.69) is 26.6 Å². The number of carbonyl (C=O) groups is 2.